The number of fused-ring (bicyclic) bond motifs is 1. The first-order chi connectivity index (χ1) is 15.6. The number of amides is 1. The molecule has 0 bridgehead atoms. The molecule has 2 aromatic heterocycles. The van der Waals surface area contributed by atoms with Crippen LogP contribution in [0.3, 0.4) is 0 Å². The van der Waals surface area contributed by atoms with Crippen LogP contribution < -0.4 is 10.3 Å². The van der Waals surface area contributed by atoms with Gasteiger partial charge in [-0.15, -0.1) is 11.3 Å². The fraction of sp³-hybridized carbons (Fsp3) is 0.375. The third-order valence-corrected chi connectivity index (χ3v) is 6.65. The molecule has 0 fully saturated rings. The Morgan fingerprint density at radius 1 is 1.22 bits per heavy atom. The van der Waals surface area contributed by atoms with Crippen molar-refractivity contribution in [3.63, 3.8) is 0 Å². The van der Waals surface area contributed by atoms with E-state index in [1.807, 2.05) is 11.4 Å². The van der Waals surface area contributed by atoms with Gasteiger partial charge in [-0.25, -0.2) is 4.98 Å². The van der Waals surface area contributed by atoms with Gasteiger partial charge in [0.1, 0.15) is 16.3 Å². The van der Waals surface area contributed by atoms with Crippen molar-refractivity contribution in [1.29, 1.82) is 0 Å². The smallest absolute Gasteiger partial charge is 0.259 e. The lowest BCUT2D eigenvalue weighted by atomic mass is 10.1. The van der Waals surface area contributed by atoms with Crippen molar-refractivity contribution in [3.8, 4) is 5.75 Å². The molecule has 1 amide bonds. The van der Waals surface area contributed by atoms with Crippen LogP contribution in [-0.2, 0) is 25.9 Å². The van der Waals surface area contributed by atoms with Gasteiger partial charge in [0, 0.05) is 63.0 Å². The molecule has 8 heteroatoms. The molecule has 7 nitrogen and oxygen atoms in total. The summed E-state index contributed by atoms with van der Waals surface area (Å²) in [5.41, 5.74) is 2.41. The van der Waals surface area contributed by atoms with Gasteiger partial charge < -0.3 is 19.1 Å². The number of thiazole rings is 1. The third kappa shape index (κ3) is 4.92. The quantitative estimate of drug-likeness (QED) is 0.551. The van der Waals surface area contributed by atoms with Crippen LogP contribution in [0.15, 0.2) is 52.8 Å². The molecule has 0 saturated carbocycles. The molecule has 0 unspecified atom stereocenters. The van der Waals surface area contributed by atoms with Crippen molar-refractivity contribution in [1.82, 2.24) is 19.4 Å². The molecule has 0 radical (unpaired) electrons. The number of ether oxygens (including phenoxy) is 1. The van der Waals surface area contributed by atoms with Crippen LogP contribution in [0, 0.1) is 0 Å². The standard InChI is InChI=1S/C24H28N4O3S/c1-26(17-21-25-10-15-32-21)24(30)23-19-9-12-27(11-8-18-6-4-3-5-7-18)13-14-28(19)22(29)16-20(23)31-2/h3-7,10,15-16H,8-9,11-14,17H2,1-2H3. The highest BCUT2D eigenvalue weighted by Gasteiger charge is 2.27. The first-order valence-corrected chi connectivity index (χ1v) is 11.7. The molecule has 0 aliphatic carbocycles. The van der Waals surface area contributed by atoms with E-state index in [2.05, 4.69) is 34.1 Å². The molecule has 32 heavy (non-hydrogen) atoms. The van der Waals surface area contributed by atoms with Gasteiger partial charge in [0.25, 0.3) is 11.5 Å². The second kappa shape index (κ2) is 10.1. The van der Waals surface area contributed by atoms with Crippen molar-refractivity contribution in [3.05, 3.63) is 80.2 Å². The van der Waals surface area contributed by atoms with E-state index in [9.17, 15) is 9.59 Å². The Balaban J connectivity index is 1.56. The highest BCUT2D eigenvalue weighted by molar-refractivity contribution is 7.09. The fourth-order valence-electron chi connectivity index (χ4n) is 4.14. The maximum Gasteiger partial charge on any atom is 0.259 e. The summed E-state index contributed by atoms with van der Waals surface area (Å²) in [6.45, 7) is 3.45. The molecule has 3 aromatic rings. The van der Waals surface area contributed by atoms with Crippen molar-refractivity contribution >= 4 is 17.2 Å². The topological polar surface area (TPSA) is 67.7 Å². The Morgan fingerprint density at radius 3 is 2.75 bits per heavy atom. The molecule has 1 aliphatic heterocycles. The number of carbonyl (C=O) groups is 1. The maximum atomic E-state index is 13.4. The van der Waals surface area contributed by atoms with Crippen LogP contribution in [0.2, 0.25) is 0 Å². The van der Waals surface area contributed by atoms with Gasteiger partial charge in [0.05, 0.1) is 13.7 Å². The van der Waals surface area contributed by atoms with E-state index in [0.717, 1.165) is 36.8 Å². The molecule has 1 aromatic carbocycles. The van der Waals surface area contributed by atoms with E-state index in [4.69, 9.17) is 4.74 Å². The summed E-state index contributed by atoms with van der Waals surface area (Å²) in [5.74, 6) is 0.188. The molecule has 4 rings (SSSR count). The Morgan fingerprint density at radius 2 is 2.03 bits per heavy atom. The van der Waals surface area contributed by atoms with E-state index in [1.165, 1.54) is 30.1 Å². The van der Waals surface area contributed by atoms with Gasteiger partial charge in [-0.1, -0.05) is 30.3 Å². The first kappa shape index (κ1) is 22.2. The molecular weight excluding hydrogens is 424 g/mol. The van der Waals surface area contributed by atoms with Gasteiger partial charge in [-0.05, 0) is 12.0 Å². The number of carbonyl (C=O) groups excluding carboxylic acids is 1. The highest BCUT2D eigenvalue weighted by atomic mass is 32.1. The van der Waals surface area contributed by atoms with Gasteiger partial charge in [0.15, 0.2) is 0 Å². The normalized spacial score (nSPS) is 13.9. The third-order valence-electron chi connectivity index (χ3n) is 5.88. The minimum atomic E-state index is -0.154. The highest BCUT2D eigenvalue weighted by Crippen LogP contribution is 2.25. The Kier molecular flexibility index (Phi) is 7.02. The van der Waals surface area contributed by atoms with Crippen LogP contribution in [0.1, 0.15) is 26.6 Å². The minimum absolute atomic E-state index is 0.124. The predicted molar refractivity (Wildman–Crippen MR) is 125 cm³/mol. The number of methoxy groups -OCH3 is 1. The van der Waals surface area contributed by atoms with Crippen LogP contribution in [0.4, 0.5) is 0 Å². The van der Waals surface area contributed by atoms with E-state index in [1.54, 1.807) is 22.7 Å². The van der Waals surface area contributed by atoms with Crippen LogP contribution >= 0.6 is 11.3 Å². The van der Waals surface area contributed by atoms with Crippen molar-refractivity contribution in [2.45, 2.75) is 25.9 Å². The van der Waals surface area contributed by atoms with Gasteiger partial charge >= 0.3 is 0 Å². The lowest BCUT2D eigenvalue weighted by Crippen LogP contribution is -2.32. The zero-order chi connectivity index (χ0) is 22.5. The maximum absolute atomic E-state index is 13.4. The Hall–Kier alpha value is -2.97. The minimum Gasteiger partial charge on any atom is -0.496 e. The first-order valence-electron chi connectivity index (χ1n) is 10.8. The van der Waals surface area contributed by atoms with E-state index in [-0.39, 0.29) is 11.5 Å². The second-order valence-electron chi connectivity index (χ2n) is 7.94. The summed E-state index contributed by atoms with van der Waals surface area (Å²) < 4.78 is 7.23. The van der Waals surface area contributed by atoms with Crippen LogP contribution in [0.25, 0.3) is 0 Å². The molecule has 3 heterocycles. The monoisotopic (exact) mass is 452 g/mol. The largest absolute Gasteiger partial charge is 0.496 e. The summed E-state index contributed by atoms with van der Waals surface area (Å²) in [4.78, 5) is 34.5. The average Bonchev–Trinajstić information content (AvgIpc) is 3.22. The number of nitrogens with zero attached hydrogens (tertiary/aromatic N) is 4. The molecule has 0 N–H and O–H groups in total. The number of benzene rings is 1. The predicted octanol–water partition coefficient (Wildman–Crippen LogP) is 2.69. The summed E-state index contributed by atoms with van der Waals surface area (Å²) in [7, 11) is 3.26. The van der Waals surface area contributed by atoms with Crippen molar-refractivity contribution < 1.29 is 9.53 Å². The van der Waals surface area contributed by atoms with Crippen molar-refractivity contribution in [2.75, 3.05) is 33.8 Å². The van der Waals surface area contributed by atoms with Gasteiger partial charge in [0.2, 0.25) is 0 Å². The second-order valence-corrected chi connectivity index (χ2v) is 8.92. The SMILES string of the molecule is COc1cc(=O)n2c(c1C(=O)N(C)Cc1nccs1)CCN(CCc1ccccc1)CC2. The molecule has 1 aliphatic rings. The summed E-state index contributed by atoms with van der Waals surface area (Å²) >= 11 is 1.51. The molecule has 0 saturated heterocycles. The Labute approximate surface area is 191 Å². The summed E-state index contributed by atoms with van der Waals surface area (Å²) in [6.07, 6.45) is 3.31. The number of hydrogen-bond acceptors (Lipinski definition) is 6. The summed E-state index contributed by atoms with van der Waals surface area (Å²) in [5, 5.41) is 2.76. The van der Waals surface area contributed by atoms with E-state index < -0.39 is 0 Å². The zero-order valence-corrected chi connectivity index (χ0v) is 19.3. The lowest BCUT2D eigenvalue weighted by molar-refractivity contribution is 0.0779. The van der Waals surface area contributed by atoms with Crippen LogP contribution in [0.5, 0.6) is 5.75 Å². The average molecular weight is 453 g/mol. The molecule has 168 valence electrons. The molecule has 0 atom stereocenters. The molecular formula is C24H28N4O3S. The zero-order valence-electron chi connectivity index (χ0n) is 18.5. The van der Waals surface area contributed by atoms with Crippen molar-refractivity contribution in [2.24, 2.45) is 0 Å². The number of rotatable bonds is 7. The fourth-order valence-corrected chi connectivity index (χ4v) is 4.81. The number of aromatic nitrogens is 2. The van der Waals surface area contributed by atoms with Crippen LogP contribution in [-0.4, -0.2) is 59.0 Å². The molecule has 0 spiro atoms. The van der Waals surface area contributed by atoms with E-state index >= 15 is 0 Å². The van der Waals surface area contributed by atoms with E-state index in [0.29, 0.717) is 30.8 Å². The van der Waals surface area contributed by atoms with Gasteiger partial charge in [-0.2, -0.15) is 0 Å². The lowest BCUT2D eigenvalue weighted by Gasteiger charge is -2.21. The number of pyridine rings is 1. The van der Waals surface area contributed by atoms with Gasteiger partial charge in [-0.3, -0.25) is 9.59 Å². The Bertz CT molecular complexity index is 1110. The number of hydrogen-bond donors (Lipinski definition) is 0. The summed E-state index contributed by atoms with van der Waals surface area (Å²) in [6, 6.07) is 11.8.